The monoisotopic (exact) mass is 236 g/mol. The molecule has 5 nitrogen and oxygen atoms in total. The highest BCUT2D eigenvalue weighted by Crippen LogP contribution is 2.03. The maximum absolute atomic E-state index is 11.7. The molecule has 0 atom stereocenters. The van der Waals surface area contributed by atoms with E-state index in [2.05, 4.69) is 34.7 Å². The van der Waals surface area contributed by atoms with Gasteiger partial charge in [0.2, 0.25) is 0 Å². The number of amides is 1. The van der Waals surface area contributed by atoms with Gasteiger partial charge in [-0.25, -0.2) is 0 Å². The van der Waals surface area contributed by atoms with Crippen molar-refractivity contribution in [2.24, 2.45) is 5.92 Å². The normalized spacial score (nSPS) is 10.4. The summed E-state index contributed by atoms with van der Waals surface area (Å²) in [6.45, 7) is 5.03. The number of carbonyl (C=O) groups is 1. The number of hydrogen-bond donors (Lipinski definition) is 2. The van der Waals surface area contributed by atoms with E-state index >= 15 is 0 Å². The molecule has 1 heterocycles. The van der Waals surface area contributed by atoms with E-state index in [1.807, 2.05) is 0 Å². The van der Waals surface area contributed by atoms with Gasteiger partial charge in [0.15, 0.2) is 5.69 Å². The van der Waals surface area contributed by atoms with Gasteiger partial charge in [-0.05, 0) is 30.9 Å². The van der Waals surface area contributed by atoms with Crippen LogP contribution in [0.3, 0.4) is 0 Å². The molecule has 0 aliphatic rings. The Balaban J connectivity index is 2.36. The van der Waals surface area contributed by atoms with Crippen molar-refractivity contribution in [3.63, 3.8) is 0 Å². The molecule has 0 aliphatic carbocycles. The second-order valence-electron chi connectivity index (χ2n) is 4.35. The molecule has 0 aromatic carbocycles. The van der Waals surface area contributed by atoms with Crippen LogP contribution < -0.4 is 10.6 Å². The smallest absolute Gasteiger partial charge is 0.271 e. The van der Waals surface area contributed by atoms with Gasteiger partial charge in [-0.15, -0.1) is 10.2 Å². The summed E-state index contributed by atoms with van der Waals surface area (Å²) in [5.74, 6) is 1.16. The zero-order valence-electron chi connectivity index (χ0n) is 10.7. The number of carbonyl (C=O) groups excluding carboxylic acids is 1. The van der Waals surface area contributed by atoms with Crippen LogP contribution in [0, 0.1) is 5.92 Å². The van der Waals surface area contributed by atoms with Crippen LogP contribution in [0.1, 0.15) is 37.2 Å². The Labute approximate surface area is 102 Å². The second kappa shape index (κ2) is 6.83. The highest BCUT2D eigenvalue weighted by Gasteiger charge is 2.06. The molecule has 1 aromatic heterocycles. The van der Waals surface area contributed by atoms with Gasteiger partial charge in [-0.2, -0.15) is 0 Å². The summed E-state index contributed by atoms with van der Waals surface area (Å²) in [4.78, 5) is 11.7. The number of nitrogens with one attached hydrogen (secondary N) is 2. The minimum Gasteiger partial charge on any atom is -0.372 e. The van der Waals surface area contributed by atoms with E-state index in [4.69, 9.17) is 0 Å². The summed E-state index contributed by atoms with van der Waals surface area (Å²) in [5, 5.41) is 13.4. The molecule has 17 heavy (non-hydrogen) atoms. The molecule has 0 bridgehead atoms. The summed E-state index contributed by atoms with van der Waals surface area (Å²) in [5.41, 5.74) is 0.355. The number of anilines is 1. The summed E-state index contributed by atoms with van der Waals surface area (Å²) in [7, 11) is 1.76. The van der Waals surface area contributed by atoms with E-state index in [0.717, 1.165) is 12.8 Å². The fraction of sp³-hybridized carbons (Fsp3) is 0.583. The summed E-state index contributed by atoms with van der Waals surface area (Å²) in [6, 6.07) is 3.40. The molecule has 0 radical (unpaired) electrons. The van der Waals surface area contributed by atoms with Crippen molar-refractivity contribution >= 4 is 11.7 Å². The van der Waals surface area contributed by atoms with E-state index in [1.165, 1.54) is 0 Å². The van der Waals surface area contributed by atoms with Crippen LogP contribution in [-0.2, 0) is 0 Å². The largest absolute Gasteiger partial charge is 0.372 e. The zero-order chi connectivity index (χ0) is 12.7. The van der Waals surface area contributed by atoms with Crippen LogP contribution >= 0.6 is 0 Å². The van der Waals surface area contributed by atoms with Crippen LogP contribution in [-0.4, -0.2) is 29.7 Å². The summed E-state index contributed by atoms with van der Waals surface area (Å²) >= 11 is 0. The lowest BCUT2D eigenvalue weighted by molar-refractivity contribution is 0.0946. The number of hydrogen-bond acceptors (Lipinski definition) is 4. The minimum absolute atomic E-state index is 0.163. The van der Waals surface area contributed by atoms with Crippen LogP contribution in [0.2, 0.25) is 0 Å². The van der Waals surface area contributed by atoms with E-state index in [-0.39, 0.29) is 5.91 Å². The highest BCUT2D eigenvalue weighted by atomic mass is 16.1. The lowest BCUT2D eigenvalue weighted by atomic mass is 10.1. The van der Waals surface area contributed by atoms with E-state index < -0.39 is 0 Å². The van der Waals surface area contributed by atoms with Gasteiger partial charge in [0.25, 0.3) is 5.91 Å². The maximum atomic E-state index is 11.7. The SMILES string of the molecule is CNc1ccc(C(=O)NCCCC(C)C)nn1. The van der Waals surface area contributed by atoms with Crippen LogP contribution in [0.25, 0.3) is 0 Å². The Bertz CT molecular complexity index is 348. The van der Waals surface area contributed by atoms with Crippen molar-refractivity contribution in [2.75, 3.05) is 18.9 Å². The van der Waals surface area contributed by atoms with Gasteiger partial charge in [0.05, 0.1) is 0 Å². The van der Waals surface area contributed by atoms with Crippen molar-refractivity contribution < 1.29 is 4.79 Å². The molecule has 5 heteroatoms. The Hall–Kier alpha value is -1.65. The number of nitrogens with zero attached hydrogens (tertiary/aromatic N) is 2. The standard InChI is InChI=1S/C12H20N4O/c1-9(2)5-4-8-14-12(17)10-6-7-11(13-3)16-15-10/h6-7,9H,4-5,8H2,1-3H3,(H,13,16)(H,14,17). The summed E-state index contributed by atoms with van der Waals surface area (Å²) < 4.78 is 0. The highest BCUT2D eigenvalue weighted by molar-refractivity contribution is 5.92. The van der Waals surface area contributed by atoms with Crippen LogP contribution in [0.15, 0.2) is 12.1 Å². The molecule has 94 valence electrons. The molecule has 1 rings (SSSR count). The van der Waals surface area contributed by atoms with Crippen molar-refractivity contribution in [1.82, 2.24) is 15.5 Å². The number of rotatable bonds is 6. The van der Waals surface area contributed by atoms with Crippen molar-refractivity contribution in [2.45, 2.75) is 26.7 Å². The lowest BCUT2D eigenvalue weighted by Gasteiger charge is -2.06. The van der Waals surface area contributed by atoms with Gasteiger partial charge in [-0.1, -0.05) is 13.8 Å². The predicted molar refractivity (Wildman–Crippen MR) is 68.0 cm³/mol. The first kappa shape index (κ1) is 13.4. The van der Waals surface area contributed by atoms with Crippen molar-refractivity contribution in [3.05, 3.63) is 17.8 Å². The van der Waals surface area contributed by atoms with E-state index in [9.17, 15) is 4.79 Å². The molecular weight excluding hydrogens is 216 g/mol. The lowest BCUT2D eigenvalue weighted by Crippen LogP contribution is -2.25. The van der Waals surface area contributed by atoms with E-state index in [1.54, 1.807) is 19.2 Å². The average molecular weight is 236 g/mol. The first-order chi connectivity index (χ1) is 8.13. The molecule has 0 aliphatic heterocycles. The molecule has 0 spiro atoms. The Morgan fingerprint density at radius 2 is 2.12 bits per heavy atom. The van der Waals surface area contributed by atoms with Gasteiger partial charge in [0, 0.05) is 13.6 Å². The molecule has 0 unspecified atom stereocenters. The van der Waals surface area contributed by atoms with Crippen LogP contribution in [0.4, 0.5) is 5.82 Å². The molecule has 0 saturated carbocycles. The average Bonchev–Trinajstić information content (AvgIpc) is 2.34. The molecule has 1 aromatic rings. The zero-order valence-corrected chi connectivity index (χ0v) is 10.7. The quantitative estimate of drug-likeness (QED) is 0.737. The first-order valence-corrected chi connectivity index (χ1v) is 5.93. The predicted octanol–water partition coefficient (Wildman–Crippen LogP) is 1.68. The topological polar surface area (TPSA) is 66.9 Å². The molecule has 1 amide bonds. The molecular formula is C12H20N4O. The molecule has 0 fully saturated rings. The van der Waals surface area contributed by atoms with Crippen molar-refractivity contribution in [3.8, 4) is 0 Å². The van der Waals surface area contributed by atoms with Gasteiger partial charge in [0.1, 0.15) is 5.82 Å². The third kappa shape index (κ3) is 4.80. The second-order valence-corrected chi connectivity index (χ2v) is 4.35. The Morgan fingerprint density at radius 1 is 1.35 bits per heavy atom. The maximum Gasteiger partial charge on any atom is 0.271 e. The third-order valence-electron chi connectivity index (χ3n) is 2.40. The minimum atomic E-state index is -0.163. The van der Waals surface area contributed by atoms with Gasteiger partial charge in [-0.3, -0.25) is 4.79 Å². The first-order valence-electron chi connectivity index (χ1n) is 5.93. The Kier molecular flexibility index (Phi) is 5.39. The fourth-order valence-electron chi connectivity index (χ4n) is 1.39. The number of aromatic nitrogens is 2. The summed E-state index contributed by atoms with van der Waals surface area (Å²) in [6.07, 6.45) is 2.11. The van der Waals surface area contributed by atoms with Crippen molar-refractivity contribution in [1.29, 1.82) is 0 Å². The van der Waals surface area contributed by atoms with Gasteiger partial charge >= 0.3 is 0 Å². The third-order valence-corrected chi connectivity index (χ3v) is 2.40. The van der Waals surface area contributed by atoms with Crippen LogP contribution in [0.5, 0.6) is 0 Å². The van der Waals surface area contributed by atoms with Gasteiger partial charge < -0.3 is 10.6 Å². The Morgan fingerprint density at radius 3 is 2.65 bits per heavy atom. The van der Waals surface area contributed by atoms with E-state index in [0.29, 0.717) is 24.0 Å². The fourth-order valence-corrected chi connectivity index (χ4v) is 1.39. The molecule has 2 N–H and O–H groups in total. The molecule has 0 saturated heterocycles.